The fourth-order valence-electron chi connectivity index (χ4n) is 2.55. The molecule has 1 saturated heterocycles. The van der Waals surface area contributed by atoms with Gasteiger partial charge in [0.15, 0.2) is 0 Å². The van der Waals surface area contributed by atoms with E-state index in [1.165, 1.54) is 0 Å². The van der Waals surface area contributed by atoms with E-state index in [1.54, 1.807) is 4.90 Å². The summed E-state index contributed by atoms with van der Waals surface area (Å²) in [6.07, 6.45) is 3.54. The van der Waals surface area contributed by atoms with Gasteiger partial charge >= 0.3 is 0 Å². The van der Waals surface area contributed by atoms with E-state index < -0.39 is 0 Å². The number of hydrogen-bond acceptors (Lipinski definition) is 2. The number of carbonyl (C=O) groups is 2. The average Bonchev–Trinajstić information content (AvgIpc) is 2.86. The van der Waals surface area contributed by atoms with Crippen LogP contribution in [0.2, 0.25) is 0 Å². The summed E-state index contributed by atoms with van der Waals surface area (Å²) in [7, 11) is 0. The first-order valence-electron chi connectivity index (χ1n) is 6.92. The van der Waals surface area contributed by atoms with Gasteiger partial charge in [-0.15, -0.1) is 0 Å². The number of rotatable bonds is 4. The highest BCUT2D eigenvalue weighted by molar-refractivity contribution is 5.97. The van der Waals surface area contributed by atoms with Gasteiger partial charge in [-0.25, -0.2) is 0 Å². The highest BCUT2D eigenvalue weighted by Crippen LogP contribution is 2.14. The fraction of sp³-hybridized carbons (Fsp3) is 0.571. The lowest BCUT2D eigenvalue weighted by molar-refractivity contribution is -0.127. The number of piperazine rings is 1. The SMILES string of the molecule is CCCn1cccc1C(=O)N1CCNC(=O)C1CC. The summed E-state index contributed by atoms with van der Waals surface area (Å²) in [5.74, 6) is -0.0872. The number of carbonyl (C=O) groups excluding carboxylic acids is 2. The Labute approximate surface area is 113 Å². The van der Waals surface area contributed by atoms with E-state index in [9.17, 15) is 9.59 Å². The summed E-state index contributed by atoms with van der Waals surface area (Å²) in [4.78, 5) is 26.1. The van der Waals surface area contributed by atoms with Crippen LogP contribution in [-0.4, -0.2) is 40.4 Å². The van der Waals surface area contributed by atoms with Crippen molar-refractivity contribution in [1.29, 1.82) is 0 Å². The van der Waals surface area contributed by atoms with E-state index in [4.69, 9.17) is 0 Å². The van der Waals surface area contributed by atoms with E-state index in [2.05, 4.69) is 12.2 Å². The van der Waals surface area contributed by atoms with Gasteiger partial charge in [-0.1, -0.05) is 13.8 Å². The van der Waals surface area contributed by atoms with Crippen LogP contribution in [0.4, 0.5) is 0 Å². The van der Waals surface area contributed by atoms with Crippen molar-refractivity contribution < 1.29 is 9.59 Å². The maximum Gasteiger partial charge on any atom is 0.271 e. The molecule has 2 rings (SSSR count). The Morgan fingerprint density at radius 2 is 2.26 bits per heavy atom. The lowest BCUT2D eigenvalue weighted by atomic mass is 10.1. The van der Waals surface area contributed by atoms with E-state index in [0.717, 1.165) is 13.0 Å². The Balaban J connectivity index is 2.22. The lowest BCUT2D eigenvalue weighted by Crippen LogP contribution is -2.57. The molecule has 1 aliphatic rings. The van der Waals surface area contributed by atoms with Gasteiger partial charge < -0.3 is 14.8 Å². The summed E-state index contributed by atoms with van der Waals surface area (Å²) < 4.78 is 1.96. The molecular formula is C14H21N3O2. The molecule has 0 saturated carbocycles. The molecule has 1 N–H and O–H groups in total. The molecule has 1 aliphatic heterocycles. The molecule has 104 valence electrons. The predicted molar refractivity (Wildman–Crippen MR) is 72.8 cm³/mol. The molecular weight excluding hydrogens is 242 g/mol. The summed E-state index contributed by atoms with van der Waals surface area (Å²) in [6.45, 7) is 5.96. The number of nitrogens with one attached hydrogen (secondary N) is 1. The molecule has 2 amide bonds. The summed E-state index contributed by atoms with van der Waals surface area (Å²) in [5.41, 5.74) is 0.676. The van der Waals surface area contributed by atoms with Gasteiger partial charge in [-0.3, -0.25) is 9.59 Å². The van der Waals surface area contributed by atoms with Gasteiger partial charge in [0.2, 0.25) is 5.91 Å². The zero-order valence-electron chi connectivity index (χ0n) is 11.6. The first-order chi connectivity index (χ1) is 9.19. The van der Waals surface area contributed by atoms with Crippen LogP contribution in [0.3, 0.4) is 0 Å². The molecule has 1 fully saturated rings. The van der Waals surface area contributed by atoms with Gasteiger partial charge in [0, 0.05) is 25.8 Å². The first-order valence-corrected chi connectivity index (χ1v) is 6.92. The number of aromatic nitrogens is 1. The second-order valence-corrected chi connectivity index (χ2v) is 4.80. The van der Waals surface area contributed by atoms with Crippen LogP contribution in [0.25, 0.3) is 0 Å². The molecule has 5 nitrogen and oxygen atoms in total. The van der Waals surface area contributed by atoms with Crippen molar-refractivity contribution in [1.82, 2.24) is 14.8 Å². The van der Waals surface area contributed by atoms with E-state index in [1.807, 2.05) is 29.8 Å². The monoisotopic (exact) mass is 263 g/mol. The minimum atomic E-state index is -0.341. The first kappa shape index (κ1) is 13.6. The van der Waals surface area contributed by atoms with Crippen molar-refractivity contribution in [2.75, 3.05) is 13.1 Å². The third kappa shape index (κ3) is 2.64. The summed E-state index contributed by atoms with van der Waals surface area (Å²) in [6, 6.07) is 3.37. The van der Waals surface area contributed by atoms with Gasteiger partial charge in [-0.2, -0.15) is 0 Å². The van der Waals surface area contributed by atoms with Crippen molar-refractivity contribution in [3.05, 3.63) is 24.0 Å². The second-order valence-electron chi connectivity index (χ2n) is 4.80. The van der Waals surface area contributed by atoms with Crippen LogP contribution in [0.1, 0.15) is 37.2 Å². The second kappa shape index (κ2) is 5.91. The molecule has 0 aliphatic carbocycles. The largest absolute Gasteiger partial charge is 0.353 e. The van der Waals surface area contributed by atoms with Gasteiger partial charge in [-0.05, 0) is 25.0 Å². The summed E-state index contributed by atoms with van der Waals surface area (Å²) in [5, 5.41) is 2.81. The molecule has 0 radical (unpaired) electrons. The van der Waals surface area contributed by atoms with Crippen LogP contribution in [0, 0.1) is 0 Å². The highest BCUT2D eigenvalue weighted by Gasteiger charge is 2.32. The van der Waals surface area contributed by atoms with Crippen LogP contribution < -0.4 is 5.32 Å². The standard InChI is InChI=1S/C14H21N3O2/c1-3-8-16-9-5-6-12(16)14(19)17-10-7-15-13(18)11(17)4-2/h5-6,9,11H,3-4,7-8,10H2,1-2H3,(H,15,18). The number of hydrogen-bond donors (Lipinski definition) is 1. The molecule has 1 unspecified atom stereocenters. The molecule has 0 bridgehead atoms. The fourth-order valence-corrected chi connectivity index (χ4v) is 2.55. The van der Waals surface area contributed by atoms with E-state index >= 15 is 0 Å². The molecule has 2 heterocycles. The van der Waals surface area contributed by atoms with Gasteiger partial charge in [0.1, 0.15) is 11.7 Å². The van der Waals surface area contributed by atoms with E-state index in [0.29, 0.717) is 25.2 Å². The van der Waals surface area contributed by atoms with Crippen molar-refractivity contribution >= 4 is 11.8 Å². The van der Waals surface area contributed by atoms with Crippen LogP contribution >= 0.6 is 0 Å². The normalized spacial score (nSPS) is 19.4. The molecule has 1 aromatic heterocycles. The Hall–Kier alpha value is -1.78. The molecule has 0 aromatic carbocycles. The number of amides is 2. The van der Waals surface area contributed by atoms with Crippen LogP contribution in [0.5, 0.6) is 0 Å². The molecule has 1 atom stereocenters. The van der Waals surface area contributed by atoms with Gasteiger partial charge in [0.25, 0.3) is 5.91 Å². The maximum absolute atomic E-state index is 12.6. The maximum atomic E-state index is 12.6. The smallest absolute Gasteiger partial charge is 0.271 e. The zero-order chi connectivity index (χ0) is 13.8. The molecule has 1 aromatic rings. The molecule has 19 heavy (non-hydrogen) atoms. The van der Waals surface area contributed by atoms with Crippen molar-refractivity contribution in [2.45, 2.75) is 39.3 Å². The van der Waals surface area contributed by atoms with Gasteiger partial charge in [0.05, 0.1) is 0 Å². The predicted octanol–water partition coefficient (Wildman–Crippen LogP) is 1.25. The Kier molecular flexibility index (Phi) is 4.24. The summed E-state index contributed by atoms with van der Waals surface area (Å²) >= 11 is 0. The zero-order valence-corrected chi connectivity index (χ0v) is 11.6. The molecule has 5 heteroatoms. The van der Waals surface area contributed by atoms with Crippen molar-refractivity contribution in [3.63, 3.8) is 0 Å². The topological polar surface area (TPSA) is 54.3 Å². The van der Waals surface area contributed by atoms with E-state index in [-0.39, 0.29) is 17.9 Å². The van der Waals surface area contributed by atoms with Crippen LogP contribution in [0.15, 0.2) is 18.3 Å². The van der Waals surface area contributed by atoms with Crippen LogP contribution in [-0.2, 0) is 11.3 Å². The third-order valence-electron chi connectivity index (χ3n) is 3.49. The Morgan fingerprint density at radius 1 is 1.47 bits per heavy atom. The Morgan fingerprint density at radius 3 is 2.95 bits per heavy atom. The third-order valence-corrected chi connectivity index (χ3v) is 3.49. The quantitative estimate of drug-likeness (QED) is 0.889. The lowest BCUT2D eigenvalue weighted by Gasteiger charge is -2.34. The highest BCUT2D eigenvalue weighted by atomic mass is 16.2. The number of aryl methyl sites for hydroxylation is 1. The molecule has 0 spiro atoms. The van der Waals surface area contributed by atoms with Crippen molar-refractivity contribution in [2.24, 2.45) is 0 Å². The number of nitrogens with zero attached hydrogens (tertiary/aromatic N) is 2. The minimum Gasteiger partial charge on any atom is -0.353 e. The average molecular weight is 263 g/mol. The minimum absolute atomic E-state index is 0.0415. The Bertz CT molecular complexity index is 467. The van der Waals surface area contributed by atoms with Crippen molar-refractivity contribution in [3.8, 4) is 0 Å².